The number of hydrogen-bond donors (Lipinski definition) is 0. The fraction of sp³-hybridized carbons (Fsp3) is 0.625. The summed E-state index contributed by atoms with van der Waals surface area (Å²) in [6.45, 7) is 0.300. The van der Waals surface area contributed by atoms with Crippen molar-refractivity contribution in [3.63, 3.8) is 0 Å². The molecule has 0 rings (SSSR count). The molecular weight excluding hydrogens is 188 g/mol. The Hall–Kier alpha value is -1.77. The number of rotatable bonds is 7. The molecule has 0 aromatic rings. The predicted octanol–water partition coefficient (Wildman–Crippen LogP) is -1.05. The maximum Gasteiger partial charge on any atom is 0.235 e. The lowest BCUT2D eigenvalue weighted by Gasteiger charge is -2.09. The molecule has 0 amide bonds. The van der Waals surface area contributed by atoms with E-state index in [1.807, 2.05) is 0 Å². The molecule has 0 aliphatic rings. The molecule has 1 atom stereocenters. The molecule has 0 aromatic heterocycles. The van der Waals surface area contributed by atoms with Crippen LogP contribution in [0.15, 0.2) is 9.98 Å². The van der Waals surface area contributed by atoms with Crippen molar-refractivity contribution in [1.29, 1.82) is 0 Å². The van der Waals surface area contributed by atoms with Gasteiger partial charge in [-0.15, -0.1) is 0 Å². The van der Waals surface area contributed by atoms with Gasteiger partial charge >= 0.3 is 0 Å². The first-order chi connectivity index (χ1) is 6.72. The zero-order valence-corrected chi connectivity index (χ0v) is 7.43. The minimum Gasteiger partial charge on any atom is -0.548 e. The number of aliphatic carboxylic acids is 1. The summed E-state index contributed by atoms with van der Waals surface area (Å²) in [6.07, 6.45) is 3.76. The maximum atomic E-state index is 10.3. The summed E-state index contributed by atoms with van der Waals surface area (Å²) in [6, 6.07) is -1.15. The lowest BCUT2D eigenvalue weighted by Crippen LogP contribution is -2.34. The van der Waals surface area contributed by atoms with Gasteiger partial charge in [-0.2, -0.15) is 4.99 Å². The van der Waals surface area contributed by atoms with Crippen molar-refractivity contribution in [1.82, 2.24) is 0 Å². The fourth-order valence-corrected chi connectivity index (χ4v) is 0.873. The molecular formula is C8H9N2O4-. The van der Waals surface area contributed by atoms with Crippen LogP contribution < -0.4 is 5.11 Å². The van der Waals surface area contributed by atoms with Crippen LogP contribution in [-0.2, 0) is 14.4 Å². The first-order valence-corrected chi connectivity index (χ1v) is 4.04. The van der Waals surface area contributed by atoms with Gasteiger partial charge in [0.15, 0.2) is 0 Å². The van der Waals surface area contributed by atoms with E-state index in [-0.39, 0.29) is 6.42 Å². The largest absolute Gasteiger partial charge is 0.548 e. The maximum absolute atomic E-state index is 10.3. The average molecular weight is 197 g/mol. The Bertz CT molecular complexity index is 275. The molecule has 6 nitrogen and oxygen atoms in total. The molecule has 0 N–H and O–H groups in total. The van der Waals surface area contributed by atoms with Crippen LogP contribution in [0, 0.1) is 0 Å². The Morgan fingerprint density at radius 1 is 1.29 bits per heavy atom. The molecule has 0 saturated carbocycles. The van der Waals surface area contributed by atoms with Crippen LogP contribution in [0.5, 0.6) is 0 Å². The summed E-state index contributed by atoms with van der Waals surface area (Å²) in [4.78, 5) is 36.1. The number of aliphatic imine (C=N–C) groups is 2. The van der Waals surface area contributed by atoms with E-state index < -0.39 is 12.0 Å². The minimum atomic E-state index is -1.40. The van der Waals surface area contributed by atoms with Crippen molar-refractivity contribution >= 4 is 18.1 Å². The standard InChI is InChI=1S/C8H10N2O4/c11-5-9-4-2-1-3-7(8(13)14)10-6-12/h7H,1-4H2,(H,13,14)/p-1. The normalized spacial score (nSPS) is 10.9. The molecule has 1 unspecified atom stereocenters. The van der Waals surface area contributed by atoms with Crippen molar-refractivity contribution in [3.8, 4) is 0 Å². The summed E-state index contributed by atoms with van der Waals surface area (Å²) in [5, 5.41) is 10.3. The molecule has 0 spiro atoms. The Labute approximate surface area is 80.4 Å². The highest BCUT2D eigenvalue weighted by molar-refractivity contribution is 5.72. The number of hydrogen-bond acceptors (Lipinski definition) is 6. The van der Waals surface area contributed by atoms with E-state index in [1.165, 1.54) is 12.2 Å². The van der Waals surface area contributed by atoms with Gasteiger partial charge in [-0.05, 0) is 19.3 Å². The summed E-state index contributed by atoms with van der Waals surface area (Å²) < 4.78 is 0. The van der Waals surface area contributed by atoms with Crippen LogP contribution in [-0.4, -0.2) is 30.7 Å². The van der Waals surface area contributed by atoms with E-state index in [1.54, 1.807) is 0 Å². The molecule has 6 heteroatoms. The Balaban J connectivity index is 3.77. The van der Waals surface area contributed by atoms with Gasteiger partial charge in [0.05, 0.1) is 12.5 Å². The highest BCUT2D eigenvalue weighted by Gasteiger charge is 2.06. The summed E-state index contributed by atoms with van der Waals surface area (Å²) in [5.41, 5.74) is 0. The Morgan fingerprint density at radius 3 is 2.50 bits per heavy atom. The van der Waals surface area contributed by atoms with E-state index in [2.05, 4.69) is 9.98 Å². The molecule has 0 aliphatic carbocycles. The van der Waals surface area contributed by atoms with E-state index >= 15 is 0 Å². The molecule has 0 bridgehead atoms. The highest BCUT2D eigenvalue weighted by atomic mass is 16.4. The predicted molar refractivity (Wildman–Crippen MR) is 43.8 cm³/mol. The van der Waals surface area contributed by atoms with Crippen molar-refractivity contribution < 1.29 is 19.5 Å². The summed E-state index contributed by atoms with van der Waals surface area (Å²) in [5.74, 6) is -1.40. The van der Waals surface area contributed by atoms with Crippen LogP contribution in [0.25, 0.3) is 0 Å². The van der Waals surface area contributed by atoms with Gasteiger partial charge in [0.1, 0.15) is 6.04 Å². The number of unbranched alkanes of at least 4 members (excludes halogenated alkanes) is 1. The van der Waals surface area contributed by atoms with Crippen LogP contribution in [0.3, 0.4) is 0 Å². The van der Waals surface area contributed by atoms with Gasteiger partial charge in [0, 0.05) is 0 Å². The number of carboxylic acids is 1. The van der Waals surface area contributed by atoms with Crippen LogP contribution in [0.4, 0.5) is 0 Å². The van der Waals surface area contributed by atoms with E-state index in [0.717, 1.165) is 0 Å². The van der Waals surface area contributed by atoms with Crippen molar-refractivity contribution in [2.75, 3.05) is 6.54 Å². The van der Waals surface area contributed by atoms with Gasteiger partial charge < -0.3 is 9.90 Å². The van der Waals surface area contributed by atoms with Crippen LogP contribution in [0.2, 0.25) is 0 Å². The van der Waals surface area contributed by atoms with Crippen molar-refractivity contribution in [2.24, 2.45) is 9.98 Å². The number of nitrogens with zero attached hydrogens (tertiary/aromatic N) is 2. The molecule has 14 heavy (non-hydrogen) atoms. The Kier molecular flexibility index (Phi) is 6.86. The van der Waals surface area contributed by atoms with Crippen LogP contribution >= 0.6 is 0 Å². The first-order valence-electron chi connectivity index (χ1n) is 4.04. The third kappa shape index (κ3) is 5.83. The van der Waals surface area contributed by atoms with Gasteiger partial charge in [-0.1, -0.05) is 0 Å². The quantitative estimate of drug-likeness (QED) is 0.295. The van der Waals surface area contributed by atoms with Crippen molar-refractivity contribution in [2.45, 2.75) is 25.3 Å². The molecule has 0 radical (unpaired) electrons. The second-order valence-corrected chi connectivity index (χ2v) is 2.52. The zero-order chi connectivity index (χ0) is 10.8. The van der Waals surface area contributed by atoms with E-state index in [9.17, 15) is 19.5 Å². The molecule has 0 aliphatic heterocycles. The number of isocyanates is 2. The second-order valence-electron chi connectivity index (χ2n) is 2.52. The van der Waals surface area contributed by atoms with Gasteiger partial charge in [-0.3, -0.25) is 0 Å². The smallest absolute Gasteiger partial charge is 0.235 e. The summed E-state index contributed by atoms with van der Waals surface area (Å²) >= 11 is 0. The molecule has 0 fully saturated rings. The van der Waals surface area contributed by atoms with E-state index in [0.29, 0.717) is 19.4 Å². The van der Waals surface area contributed by atoms with Crippen LogP contribution in [0.1, 0.15) is 19.3 Å². The highest BCUT2D eigenvalue weighted by Crippen LogP contribution is 2.03. The number of carbonyl (C=O) groups is 1. The molecule has 0 aromatic carbocycles. The molecule has 0 saturated heterocycles. The topological polar surface area (TPSA) is 99.0 Å². The van der Waals surface area contributed by atoms with Gasteiger partial charge in [-0.25, -0.2) is 14.6 Å². The SMILES string of the molecule is O=C=NCCCCC(N=C=O)C(=O)[O-]. The molecule has 76 valence electrons. The van der Waals surface area contributed by atoms with Crippen molar-refractivity contribution in [3.05, 3.63) is 0 Å². The Morgan fingerprint density at radius 2 is 2.00 bits per heavy atom. The molecule has 0 heterocycles. The monoisotopic (exact) mass is 197 g/mol. The zero-order valence-electron chi connectivity index (χ0n) is 7.43. The van der Waals surface area contributed by atoms with Gasteiger partial charge in [0.25, 0.3) is 0 Å². The summed E-state index contributed by atoms with van der Waals surface area (Å²) in [7, 11) is 0. The fourth-order valence-electron chi connectivity index (χ4n) is 0.873. The number of carboxylic acid groups (broad SMARTS) is 1. The minimum absolute atomic E-state index is 0.186. The average Bonchev–Trinajstić information content (AvgIpc) is 2.15. The van der Waals surface area contributed by atoms with E-state index in [4.69, 9.17) is 0 Å². The third-order valence-corrected chi connectivity index (χ3v) is 1.54. The third-order valence-electron chi connectivity index (χ3n) is 1.54. The lowest BCUT2D eigenvalue weighted by atomic mass is 10.1. The number of carbonyl (C=O) groups excluding carboxylic acids is 3. The second kappa shape index (κ2) is 7.86. The van der Waals surface area contributed by atoms with Gasteiger partial charge in [0.2, 0.25) is 12.2 Å². The first kappa shape index (κ1) is 12.2. The lowest BCUT2D eigenvalue weighted by molar-refractivity contribution is -0.307.